The number of oxime groups is 1. The monoisotopic (exact) mass is 527 g/mol. The van der Waals surface area contributed by atoms with E-state index in [2.05, 4.69) is 25.7 Å². The Hall–Kier alpha value is -2.69. The van der Waals surface area contributed by atoms with Crippen molar-refractivity contribution in [1.82, 2.24) is 25.4 Å². The molecule has 0 bridgehead atoms. The standard InChI is InChI=1S/C17H17N7O5S4/c1-6-21-22-17(33-6)32-4-7-3-30-14-10(13(26)24(14)11(7)15(27)28)20-12(25)9(23-29-2)8-5-31-16(18)19-8/h5,10,14H,3-4H2,1-2H3,(H2,18,19)(H,20,25)(H,27,28)/b23-9-/t10-,14-/m0/s1. The maximum Gasteiger partial charge on any atom is 0.352 e. The number of aromatic nitrogens is 3. The molecule has 0 saturated carbocycles. The van der Waals surface area contributed by atoms with Crippen molar-refractivity contribution >= 4 is 74.8 Å². The molecule has 4 heterocycles. The van der Waals surface area contributed by atoms with E-state index in [1.54, 1.807) is 5.38 Å². The van der Waals surface area contributed by atoms with Gasteiger partial charge in [-0.25, -0.2) is 9.78 Å². The van der Waals surface area contributed by atoms with Crippen LogP contribution in [0.15, 0.2) is 26.1 Å². The molecular weight excluding hydrogens is 510 g/mol. The van der Waals surface area contributed by atoms with E-state index in [4.69, 9.17) is 10.6 Å². The summed E-state index contributed by atoms with van der Waals surface area (Å²) in [7, 11) is 1.28. The number of amides is 2. The Bertz CT molecular complexity index is 1180. The molecule has 4 N–H and O–H groups in total. The van der Waals surface area contributed by atoms with Crippen molar-refractivity contribution in [2.24, 2.45) is 5.16 Å². The quantitative estimate of drug-likeness (QED) is 0.191. The van der Waals surface area contributed by atoms with Crippen molar-refractivity contribution < 1.29 is 24.3 Å². The summed E-state index contributed by atoms with van der Waals surface area (Å²) >= 11 is 5.30. The van der Waals surface area contributed by atoms with Crippen LogP contribution in [-0.4, -0.2) is 78.7 Å². The minimum absolute atomic E-state index is 0.0546. The van der Waals surface area contributed by atoms with Gasteiger partial charge in [-0.15, -0.1) is 33.3 Å². The number of carboxylic acids is 1. The Morgan fingerprint density at radius 3 is 2.85 bits per heavy atom. The number of nitrogen functional groups attached to an aromatic ring is 1. The third kappa shape index (κ3) is 4.68. The van der Waals surface area contributed by atoms with Crippen molar-refractivity contribution in [3.8, 4) is 0 Å². The number of nitrogens with one attached hydrogen (secondary N) is 1. The molecule has 2 atom stereocenters. The van der Waals surface area contributed by atoms with Gasteiger partial charge in [0.15, 0.2) is 15.2 Å². The number of carbonyl (C=O) groups is 3. The molecule has 33 heavy (non-hydrogen) atoms. The number of hydrogen-bond acceptors (Lipinski definition) is 13. The molecule has 1 saturated heterocycles. The van der Waals surface area contributed by atoms with E-state index in [-0.39, 0.29) is 22.2 Å². The molecule has 0 aromatic carbocycles. The van der Waals surface area contributed by atoms with Crippen molar-refractivity contribution in [3.05, 3.63) is 27.4 Å². The van der Waals surface area contributed by atoms with Crippen LogP contribution in [0.1, 0.15) is 10.7 Å². The number of aliphatic carboxylic acids is 1. The number of β-lactam (4-membered cyclic amide) rings is 1. The molecule has 2 aromatic heterocycles. The van der Waals surface area contributed by atoms with Crippen molar-refractivity contribution in [1.29, 1.82) is 0 Å². The van der Waals surface area contributed by atoms with Crippen LogP contribution in [-0.2, 0) is 19.2 Å². The fourth-order valence-corrected chi connectivity index (χ4v) is 7.03. The van der Waals surface area contributed by atoms with Gasteiger partial charge < -0.3 is 21.0 Å². The van der Waals surface area contributed by atoms with E-state index in [1.165, 1.54) is 46.9 Å². The lowest BCUT2D eigenvalue weighted by molar-refractivity contribution is -0.150. The first-order valence-electron chi connectivity index (χ1n) is 9.26. The van der Waals surface area contributed by atoms with Crippen LogP contribution < -0.4 is 11.1 Å². The fourth-order valence-electron chi connectivity index (χ4n) is 3.18. The first-order chi connectivity index (χ1) is 15.8. The van der Waals surface area contributed by atoms with Crippen LogP contribution in [0.4, 0.5) is 5.13 Å². The second-order valence-electron chi connectivity index (χ2n) is 6.69. The summed E-state index contributed by atoms with van der Waals surface area (Å²) in [4.78, 5) is 47.6. The molecule has 2 aliphatic heterocycles. The molecular formula is C17H17N7O5S4. The van der Waals surface area contributed by atoms with E-state index >= 15 is 0 Å². The number of aryl methyl sites for hydroxylation is 1. The molecule has 12 nitrogen and oxygen atoms in total. The summed E-state index contributed by atoms with van der Waals surface area (Å²) in [6, 6.07) is -0.907. The van der Waals surface area contributed by atoms with Gasteiger partial charge in [-0.1, -0.05) is 28.3 Å². The molecule has 16 heteroatoms. The Morgan fingerprint density at radius 2 is 2.24 bits per heavy atom. The summed E-state index contributed by atoms with van der Waals surface area (Å²) < 4.78 is 0.726. The molecule has 4 rings (SSSR count). The molecule has 0 aliphatic carbocycles. The van der Waals surface area contributed by atoms with Crippen LogP contribution >= 0.6 is 46.2 Å². The highest BCUT2D eigenvalue weighted by Gasteiger charge is 2.54. The summed E-state index contributed by atoms with van der Waals surface area (Å²) in [6.45, 7) is 1.84. The van der Waals surface area contributed by atoms with Crippen LogP contribution in [0.25, 0.3) is 0 Å². The third-order valence-electron chi connectivity index (χ3n) is 4.58. The van der Waals surface area contributed by atoms with Gasteiger partial charge in [0.1, 0.15) is 34.9 Å². The van der Waals surface area contributed by atoms with Gasteiger partial charge in [-0.2, -0.15) is 0 Å². The molecule has 1 fully saturated rings. The summed E-state index contributed by atoms with van der Waals surface area (Å²) in [5, 5.41) is 26.2. The first-order valence-corrected chi connectivity index (χ1v) is 13.0. The number of nitrogens with zero attached hydrogens (tertiary/aromatic N) is 5. The van der Waals surface area contributed by atoms with Crippen LogP contribution in [0.5, 0.6) is 0 Å². The van der Waals surface area contributed by atoms with Crippen molar-refractivity contribution in [3.63, 3.8) is 0 Å². The summed E-state index contributed by atoms with van der Waals surface area (Å²) in [5.74, 6) is -1.61. The van der Waals surface area contributed by atoms with E-state index in [1.807, 2.05) is 6.92 Å². The fraction of sp³-hybridized carbons (Fsp3) is 0.353. The van der Waals surface area contributed by atoms with Gasteiger partial charge in [0.25, 0.3) is 11.8 Å². The highest BCUT2D eigenvalue weighted by Crippen LogP contribution is 2.41. The zero-order valence-corrected chi connectivity index (χ0v) is 20.4. The first kappa shape index (κ1) is 23.5. The Kier molecular flexibility index (Phi) is 6.87. The van der Waals surface area contributed by atoms with E-state index in [0.29, 0.717) is 17.1 Å². The maximum atomic E-state index is 12.9. The zero-order valence-electron chi connectivity index (χ0n) is 17.2. The van der Waals surface area contributed by atoms with Crippen molar-refractivity contribution in [2.45, 2.75) is 22.7 Å². The molecule has 2 amide bonds. The SMILES string of the molecule is CO/N=C(\C(=O)N[C@H]1C(=O)N2C(C(=O)O)=C(CSc3nnc(C)s3)CS[C@@H]12)c1csc(N)n1. The number of thioether (sulfide) groups is 2. The molecule has 0 radical (unpaired) electrons. The second-order valence-corrected chi connectivity index (χ2v) is 11.1. The predicted molar refractivity (Wildman–Crippen MR) is 125 cm³/mol. The zero-order chi connectivity index (χ0) is 23.7. The van der Waals surface area contributed by atoms with Gasteiger partial charge >= 0.3 is 5.97 Å². The Balaban J connectivity index is 1.49. The highest BCUT2D eigenvalue weighted by atomic mass is 32.2. The van der Waals surface area contributed by atoms with Crippen LogP contribution in [0.2, 0.25) is 0 Å². The average molecular weight is 528 g/mol. The molecule has 174 valence electrons. The van der Waals surface area contributed by atoms with E-state index < -0.39 is 29.2 Å². The highest BCUT2D eigenvalue weighted by molar-refractivity contribution is 8.01. The number of fused-ring (bicyclic) bond motifs is 1. The molecule has 2 aliphatic rings. The summed E-state index contributed by atoms with van der Waals surface area (Å²) in [5.41, 5.74) is 6.27. The van der Waals surface area contributed by atoms with Gasteiger partial charge in [-0.05, 0) is 12.5 Å². The third-order valence-corrected chi connectivity index (χ3v) is 8.65. The minimum Gasteiger partial charge on any atom is -0.477 e. The second kappa shape index (κ2) is 9.66. The van der Waals surface area contributed by atoms with Gasteiger partial charge in [-0.3, -0.25) is 14.5 Å². The number of thiazole rings is 1. The number of carboxylic acid groups (broad SMARTS) is 1. The minimum atomic E-state index is -1.19. The normalized spacial score (nSPS) is 20.4. The number of hydrogen-bond donors (Lipinski definition) is 3. The number of anilines is 1. The van der Waals surface area contributed by atoms with Crippen LogP contribution in [0.3, 0.4) is 0 Å². The van der Waals surface area contributed by atoms with E-state index in [9.17, 15) is 19.5 Å². The average Bonchev–Trinajstić information content (AvgIpc) is 3.40. The number of rotatable bonds is 8. The number of nitrogens with two attached hydrogens (primary N) is 1. The molecule has 0 unspecified atom stereocenters. The topological polar surface area (TPSA) is 173 Å². The lowest BCUT2D eigenvalue weighted by atomic mass is 10.0. The van der Waals surface area contributed by atoms with Gasteiger partial charge in [0.05, 0.1) is 0 Å². The van der Waals surface area contributed by atoms with Gasteiger partial charge in [0, 0.05) is 16.9 Å². The predicted octanol–water partition coefficient (Wildman–Crippen LogP) is 0.767. The van der Waals surface area contributed by atoms with Crippen molar-refractivity contribution in [2.75, 3.05) is 24.3 Å². The van der Waals surface area contributed by atoms with Gasteiger partial charge in [0.2, 0.25) is 0 Å². The largest absolute Gasteiger partial charge is 0.477 e. The smallest absolute Gasteiger partial charge is 0.352 e. The molecule has 0 spiro atoms. The summed E-state index contributed by atoms with van der Waals surface area (Å²) in [6.07, 6.45) is 0. The van der Waals surface area contributed by atoms with Crippen LogP contribution in [0, 0.1) is 6.92 Å². The lowest BCUT2D eigenvalue weighted by Gasteiger charge is -2.49. The lowest BCUT2D eigenvalue weighted by Crippen LogP contribution is -2.71. The van der Waals surface area contributed by atoms with E-state index in [0.717, 1.165) is 20.7 Å². The Morgan fingerprint density at radius 1 is 1.45 bits per heavy atom. The maximum absolute atomic E-state index is 12.9. The molecule has 2 aromatic rings. The Labute approximate surface area is 203 Å². The number of carbonyl (C=O) groups excluding carboxylic acids is 2.